The first kappa shape index (κ1) is 18.0. The van der Waals surface area contributed by atoms with Crippen LogP contribution in [0.15, 0.2) is 41.3 Å². The van der Waals surface area contributed by atoms with Gasteiger partial charge in [0.05, 0.1) is 11.1 Å². The van der Waals surface area contributed by atoms with Crippen molar-refractivity contribution in [1.29, 1.82) is 0 Å². The molecular weight excluding hydrogens is 368 g/mol. The van der Waals surface area contributed by atoms with Gasteiger partial charge in [0.15, 0.2) is 5.75 Å². The lowest BCUT2D eigenvalue weighted by Crippen LogP contribution is -2.29. The zero-order valence-corrected chi connectivity index (χ0v) is 13.8. The maximum Gasteiger partial charge on any atom is 0.244 e. The highest BCUT2D eigenvalue weighted by Crippen LogP contribution is 2.31. The average molecular weight is 380 g/mol. The van der Waals surface area contributed by atoms with Gasteiger partial charge in [-0.15, -0.1) is 0 Å². The minimum absolute atomic E-state index is 0.0256. The van der Waals surface area contributed by atoms with E-state index in [0.29, 0.717) is 0 Å². The topological polar surface area (TPSA) is 86.6 Å². The second-order valence-corrected chi connectivity index (χ2v) is 7.14. The van der Waals surface area contributed by atoms with Gasteiger partial charge in [-0.25, -0.2) is 17.5 Å². The number of phenolic OH excluding ortho intramolecular Hbond substituents is 1. The summed E-state index contributed by atoms with van der Waals surface area (Å²) in [5, 5.41) is 19.5. The quantitative estimate of drug-likeness (QED) is 0.745. The lowest BCUT2D eigenvalue weighted by atomic mass is 10.1. The van der Waals surface area contributed by atoms with Gasteiger partial charge in [0.1, 0.15) is 10.7 Å². The Morgan fingerprint density at radius 3 is 2.39 bits per heavy atom. The van der Waals surface area contributed by atoms with E-state index in [9.17, 15) is 23.0 Å². The van der Waals surface area contributed by atoms with Crippen molar-refractivity contribution in [1.82, 2.24) is 4.72 Å². The molecule has 0 amide bonds. The predicted molar refractivity (Wildman–Crippen MR) is 84.7 cm³/mol. The molecule has 0 spiro atoms. The molecule has 0 aliphatic rings. The van der Waals surface area contributed by atoms with Gasteiger partial charge in [-0.2, -0.15) is 0 Å². The predicted octanol–water partition coefficient (Wildman–Crippen LogP) is 2.85. The Balaban J connectivity index is 2.21. The van der Waals surface area contributed by atoms with E-state index >= 15 is 0 Å². The molecule has 0 bridgehead atoms. The van der Waals surface area contributed by atoms with Gasteiger partial charge < -0.3 is 10.2 Å². The number of rotatable bonds is 5. The fourth-order valence-corrected chi connectivity index (χ4v) is 3.58. The Kier molecular flexibility index (Phi) is 5.49. The molecule has 0 saturated carbocycles. The monoisotopic (exact) mass is 379 g/mol. The van der Waals surface area contributed by atoms with Crippen molar-refractivity contribution in [2.45, 2.75) is 11.0 Å². The second kappa shape index (κ2) is 7.02. The number of hydrogen-bond acceptors (Lipinski definition) is 4. The third kappa shape index (κ3) is 3.94. The molecule has 2 rings (SSSR count). The Labute approximate surface area is 142 Å². The van der Waals surface area contributed by atoms with Crippen LogP contribution in [0, 0.1) is 5.82 Å². The number of nitrogens with one attached hydrogen (secondary N) is 1. The van der Waals surface area contributed by atoms with E-state index < -0.39 is 39.1 Å². The molecule has 23 heavy (non-hydrogen) atoms. The van der Waals surface area contributed by atoms with Crippen LogP contribution in [0.5, 0.6) is 5.75 Å². The van der Waals surface area contributed by atoms with Gasteiger partial charge in [-0.05, 0) is 24.3 Å². The summed E-state index contributed by atoms with van der Waals surface area (Å²) in [6.45, 7) is -0.533. The van der Waals surface area contributed by atoms with Crippen molar-refractivity contribution in [2.75, 3.05) is 6.54 Å². The summed E-state index contributed by atoms with van der Waals surface area (Å²) in [4.78, 5) is -0.447. The van der Waals surface area contributed by atoms with E-state index in [1.54, 1.807) is 0 Å². The number of aliphatic hydroxyl groups excluding tert-OH is 1. The number of phenols is 1. The van der Waals surface area contributed by atoms with Gasteiger partial charge in [-0.1, -0.05) is 35.3 Å². The second-order valence-electron chi connectivity index (χ2n) is 4.59. The van der Waals surface area contributed by atoms with Crippen LogP contribution in [0.4, 0.5) is 4.39 Å². The third-order valence-corrected chi connectivity index (χ3v) is 5.13. The van der Waals surface area contributed by atoms with E-state index in [4.69, 9.17) is 23.2 Å². The zero-order chi connectivity index (χ0) is 17.2. The number of aromatic hydroxyl groups is 1. The molecule has 1 atom stereocenters. The summed E-state index contributed by atoms with van der Waals surface area (Å²) < 4.78 is 40.0. The molecule has 0 saturated heterocycles. The highest BCUT2D eigenvalue weighted by atomic mass is 35.5. The maximum atomic E-state index is 13.7. The molecule has 0 heterocycles. The minimum Gasteiger partial charge on any atom is -0.505 e. The molecular formula is C14H12Cl2FNO4S. The van der Waals surface area contributed by atoms with Crippen molar-refractivity contribution >= 4 is 33.2 Å². The number of para-hydroxylation sites is 1. The van der Waals surface area contributed by atoms with Gasteiger partial charge in [-0.3, -0.25) is 0 Å². The van der Waals surface area contributed by atoms with E-state index in [2.05, 4.69) is 4.72 Å². The molecule has 2 aromatic rings. The molecule has 0 fully saturated rings. The zero-order valence-electron chi connectivity index (χ0n) is 11.5. The summed E-state index contributed by atoms with van der Waals surface area (Å²) in [7, 11) is -4.15. The Hall–Kier alpha value is -1.38. The summed E-state index contributed by atoms with van der Waals surface area (Å²) >= 11 is 11.5. The molecule has 9 heteroatoms. The molecule has 124 valence electrons. The van der Waals surface area contributed by atoms with Crippen LogP contribution >= 0.6 is 23.2 Å². The molecule has 2 aromatic carbocycles. The van der Waals surface area contributed by atoms with Gasteiger partial charge in [0, 0.05) is 17.1 Å². The molecule has 0 radical (unpaired) electrons. The van der Waals surface area contributed by atoms with Crippen molar-refractivity contribution in [3.63, 3.8) is 0 Å². The average Bonchev–Trinajstić information content (AvgIpc) is 2.48. The maximum absolute atomic E-state index is 13.7. The SMILES string of the molecule is O=S(=O)(NCC(O)c1c(F)cccc1Cl)c1cccc(Cl)c1O. The number of hydrogen-bond donors (Lipinski definition) is 3. The molecule has 0 aromatic heterocycles. The van der Waals surface area contributed by atoms with Gasteiger partial charge in [0.25, 0.3) is 0 Å². The lowest BCUT2D eigenvalue weighted by Gasteiger charge is -2.15. The molecule has 5 nitrogen and oxygen atoms in total. The smallest absolute Gasteiger partial charge is 0.244 e. The van der Waals surface area contributed by atoms with Crippen LogP contribution in [0.1, 0.15) is 11.7 Å². The normalized spacial score (nSPS) is 13.0. The van der Waals surface area contributed by atoms with Crippen molar-refractivity contribution in [3.8, 4) is 5.75 Å². The highest BCUT2D eigenvalue weighted by molar-refractivity contribution is 7.89. The van der Waals surface area contributed by atoms with Gasteiger partial charge >= 0.3 is 0 Å². The fourth-order valence-electron chi connectivity index (χ4n) is 1.91. The Morgan fingerprint density at radius 1 is 1.13 bits per heavy atom. The minimum atomic E-state index is -4.15. The molecule has 1 unspecified atom stereocenters. The van der Waals surface area contributed by atoms with Crippen LogP contribution in [-0.2, 0) is 10.0 Å². The number of halogens is 3. The molecule has 0 aliphatic heterocycles. The van der Waals surface area contributed by atoms with Crippen LogP contribution < -0.4 is 4.72 Å². The van der Waals surface area contributed by atoms with Crippen molar-refractivity contribution < 1.29 is 23.0 Å². The Bertz CT molecular complexity index is 809. The van der Waals surface area contributed by atoms with E-state index in [1.165, 1.54) is 24.3 Å². The van der Waals surface area contributed by atoms with E-state index in [-0.39, 0.29) is 15.6 Å². The van der Waals surface area contributed by atoms with Crippen LogP contribution in [-0.4, -0.2) is 25.2 Å². The van der Waals surface area contributed by atoms with E-state index in [0.717, 1.165) is 12.1 Å². The first-order valence-corrected chi connectivity index (χ1v) is 8.57. The third-order valence-electron chi connectivity index (χ3n) is 3.04. The van der Waals surface area contributed by atoms with Crippen molar-refractivity contribution in [3.05, 3.63) is 57.8 Å². The number of aliphatic hydroxyl groups is 1. The highest BCUT2D eigenvalue weighted by Gasteiger charge is 2.23. The van der Waals surface area contributed by atoms with Crippen LogP contribution in [0.3, 0.4) is 0 Å². The van der Waals surface area contributed by atoms with Crippen LogP contribution in [0.2, 0.25) is 10.0 Å². The first-order chi connectivity index (χ1) is 10.7. The standard InChI is InChI=1S/C14H12Cl2FNO4S/c15-8-3-1-5-10(17)13(8)11(19)7-18-23(21,22)12-6-2-4-9(16)14(12)20/h1-6,11,18-20H,7H2. The summed E-state index contributed by atoms with van der Waals surface area (Å²) in [5.74, 6) is -1.37. The lowest BCUT2D eigenvalue weighted by molar-refractivity contribution is 0.177. The summed E-state index contributed by atoms with van der Waals surface area (Å²) in [5.41, 5.74) is -0.216. The molecule has 0 aliphatic carbocycles. The number of sulfonamides is 1. The fraction of sp³-hybridized carbons (Fsp3) is 0.143. The van der Waals surface area contributed by atoms with Gasteiger partial charge in [0.2, 0.25) is 10.0 Å². The van der Waals surface area contributed by atoms with E-state index in [1.807, 2.05) is 0 Å². The first-order valence-electron chi connectivity index (χ1n) is 6.33. The number of benzene rings is 2. The Morgan fingerprint density at radius 2 is 1.74 bits per heavy atom. The molecule has 3 N–H and O–H groups in total. The largest absolute Gasteiger partial charge is 0.505 e. The van der Waals surface area contributed by atoms with Crippen molar-refractivity contribution in [2.24, 2.45) is 0 Å². The summed E-state index contributed by atoms with van der Waals surface area (Å²) in [6.07, 6.45) is -1.50. The summed E-state index contributed by atoms with van der Waals surface area (Å²) in [6, 6.07) is 7.65. The van der Waals surface area contributed by atoms with Crippen LogP contribution in [0.25, 0.3) is 0 Å².